The fourth-order valence-corrected chi connectivity index (χ4v) is 3.68. The van der Waals surface area contributed by atoms with E-state index < -0.39 is 29.1 Å². The van der Waals surface area contributed by atoms with E-state index in [1.54, 1.807) is 18.5 Å². The van der Waals surface area contributed by atoms with Gasteiger partial charge in [-0.05, 0) is 23.5 Å². The van der Waals surface area contributed by atoms with Crippen LogP contribution in [0.3, 0.4) is 0 Å². The molecule has 0 aliphatic rings. The molecule has 2 atom stereocenters. The van der Waals surface area contributed by atoms with Crippen molar-refractivity contribution in [3.05, 3.63) is 45.7 Å². The van der Waals surface area contributed by atoms with E-state index in [1.165, 1.54) is 4.57 Å². The molecule has 0 saturated heterocycles. The van der Waals surface area contributed by atoms with Gasteiger partial charge in [0.15, 0.2) is 23.2 Å². The topological polar surface area (TPSA) is 89.8 Å². The highest BCUT2D eigenvalue weighted by Gasteiger charge is 2.22. The van der Waals surface area contributed by atoms with Crippen molar-refractivity contribution >= 4 is 34.8 Å². The molecule has 0 saturated carbocycles. The molecule has 200 valence electrons. The second-order valence-corrected chi connectivity index (χ2v) is 10.3. The van der Waals surface area contributed by atoms with Gasteiger partial charge in [-0.3, -0.25) is 19.0 Å². The first-order valence-corrected chi connectivity index (χ1v) is 12.9. The van der Waals surface area contributed by atoms with E-state index in [0.29, 0.717) is 0 Å². The zero-order valence-corrected chi connectivity index (χ0v) is 23.1. The summed E-state index contributed by atoms with van der Waals surface area (Å²) >= 11 is 1.11. The van der Waals surface area contributed by atoms with Crippen molar-refractivity contribution in [3.8, 4) is 0 Å². The fourth-order valence-electron chi connectivity index (χ4n) is 2.97. The van der Waals surface area contributed by atoms with Gasteiger partial charge in [0, 0.05) is 23.6 Å². The van der Waals surface area contributed by atoms with Crippen molar-refractivity contribution in [3.63, 3.8) is 0 Å². The van der Waals surface area contributed by atoms with Crippen LogP contribution in [0.1, 0.15) is 78.6 Å². The minimum atomic E-state index is -1.08. The molecule has 2 aromatic rings. The maximum absolute atomic E-state index is 14.5. The Balaban J connectivity index is 0.00000316. The zero-order chi connectivity index (χ0) is 27.6. The summed E-state index contributed by atoms with van der Waals surface area (Å²) in [6.07, 6.45) is 2.50. The van der Waals surface area contributed by atoms with Gasteiger partial charge in [-0.25, -0.2) is 8.78 Å². The number of nitrogens with zero attached hydrogens (tertiary/aromatic N) is 2. The van der Waals surface area contributed by atoms with Gasteiger partial charge in [0.25, 0.3) is 5.91 Å². The molecule has 0 aliphatic heterocycles. The van der Waals surface area contributed by atoms with Crippen LogP contribution in [-0.2, 0) is 21.1 Å². The van der Waals surface area contributed by atoms with Crippen LogP contribution in [-0.4, -0.2) is 22.4 Å². The number of carbonyl (C=O) groups excluding carboxylic acids is 3. The summed E-state index contributed by atoms with van der Waals surface area (Å²) in [5, 5.41) is 3.87. The number of carbonyl (C=O) groups is 3. The summed E-state index contributed by atoms with van der Waals surface area (Å²) in [5.74, 6) is -4.04. The summed E-state index contributed by atoms with van der Waals surface area (Å²) in [6.45, 7) is 15.1. The van der Waals surface area contributed by atoms with E-state index in [2.05, 4.69) is 10.3 Å². The highest BCUT2D eigenvalue weighted by Crippen LogP contribution is 2.24. The van der Waals surface area contributed by atoms with Gasteiger partial charge in [-0.15, -0.1) is 11.3 Å². The molecule has 10 heteroatoms. The predicted molar refractivity (Wildman–Crippen MR) is 137 cm³/mol. The molecule has 2 rings (SSSR count). The number of rotatable bonds is 8. The third-order valence-corrected chi connectivity index (χ3v) is 6.11. The summed E-state index contributed by atoms with van der Waals surface area (Å²) in [6, 6.07) is 1.65. The van der Waals surface area contributed by atoms with Crippen LogP contribution in [0, 0.1) is 28.9 Å². The highest BCUT2D eigenvalue weighted by molar-refractivity contribution is 7.07. The zero-order valence-electron chi connectivity index (χ0n) is 22.3. The van der Waals surface area contributed by atoms with Crippen LogP contribution in [0.15, 0.2) is 28.7 Å². The lowest BCUT2D eigenvalue weighted by atomic mass is 9.92. The van der Waals surface area contributed by atoms with E-state index in [1.807, 2.05) is 48.5 Å². The molecule has 2 amide bonds. The van der Waals surface area contributed by atoms with E-state index in [0.717, 1.165) is 29.9 Å². The van der Waals surface area contributed by atoms with Crippen LogP contribution >= 0.6 is 11.3 Å². The number of hydrogen-bond donors (Lipinski definition) is 1. The maximum Gasteiger partial charge on any atom is 0.310 e. The molecule has 0 bridgehead atoms. The van der Waals surface area contributed by atoms with Crippen LogP contribution in [0.2, 0.25) is 0 Å². The number of esters is 1. The van der Waals surface area contributed by atoms with E-state index in [9.17, 15) is 23.2 Å². The van der Waals surface area contributed by atoms with Crippen molar-refractivity contribution < 1.29 is 27.9 Å². The van der Waals surface area contributed by atoms with Crippen LogP contribution < -0.4 is 10.1 Å². The first kappa shape index (κ1) is 31.2. The second kappa shape index (κ2) is 14.0. The number of benzene rings is 1. The normalized spacial score (nSPS) is 13.3. The lowest BCUT2D eigenvalue weighted by Crippen LogP contribution is -2.25. The molecular formula is C26H37F2N3O4S. The Kier molecular flexibility index (Phi) is 12.1. The number of thiazole rings is 1. The van der Waals surface area contributed by atoms with E-state index in [-0.39, 0.29) is 46.7 Å². The second-order valence-electron chi connectivity index (χ2n) is 9.44. The molecule has 1 aromatic heterocycles. The minimum Gasteiger partial charge on any atom is -0.444 e. The Labute approximate surface area is 215 Å². The molecule has 0 fully saturated rings. The Morgan fingerprint density at radius 2 is 1.72 bits per heavy atom. The van der Waals surface area contributed by atoms with Gasteiger partial charge in [0.2, 0.25) is 5.91 Å². The van der Waals surface area contributed by atoms with Gasteiger partial charge in [0.05, 0.1) is 5.92 Å². The minimum absolute atomic E-state index is 0.0704. The summed E-state index contributed by atoms with van der Waals surface area (Å²) in [7, 11) is 0. The quantitative estimate of drug-likeness (QED) is 0.419. The van der Waals surface area contributed by atoms with Gasteiger partial charge < -0.3 is 10.1 Å². The number of aromatic nitrogens is 1. The van der Waals surface area contributed by atoms with Gasteiger partial charge in [0.1, 0.15) is 5.69 Å². The summed E-state index contributed by atoms with van der Waals surface area (Å²) in [5.41, 5.74) is -1.28. The number of hydrogen-bond acceptors (Lipinski definition) is 5. The van der Waals surface area contributed by atoms with Crippen molar-refractivity contribution in [1.29, 1.82) is 0 Å². The fraction of sp³-hybridized carbons (Fsp3) is 0.538. The molecule has 1 heterocycles. The van der Waals surface area contributed by atoms with Crippen molar-refractivity contribution in [2.45, 2.75) is 75.0 Å². The number of halogens is 2. The van der Waals surface area contributed by atoms with Crippen LogP contribution in [0.25, 0.3) is 0 Å². The SMILES string of the molecule is CC.CC[C@H](C)C(C)C(=O)OCn1ccsc1=NC(=O)c1cc(F)c(NC(=O)CC(C)(C)C)c(F)c1. The number of nitrogens with one attached hydrogen (secondary N) is 1. The molecule has 0 radical (unpaired) electrons. The smallest absolute Gasteiger partial charge is 0.310 e. The Bertz CT molecular complexity index is 1100. The Hall–Kier alpha value is -2.88. The molecule has 1 aromatic carbocycles. The molecule has 1 unspecified atom stereocenters. The summed E-state index contributed by atoms with van der Waals surface area (Å²) < 4.78 is 35.8. The molecule has 0 spiro atoms. The predicted octanol–water partition coefficient (Wildman–Crippen LogP) is 6.15. The van der Waals surface area contributed by atoms with Gasteiger partial charge in [-0.2, -0.15) is 4.99 Å². The number of amides is 2. The monoisotopic (exact) mass is 525 g/mol. The lowest BCUT2D eigenvalue weighted by Gasteiger charge is -2.17. The first-order valence-electron chi connectivity index (χ1n) is 12.0. The average Bonchev–Trinajstić information content (AvgIpc) is 3.25. The first-order chi connectivity index (χ1) is 16.8. The lowest BCUT2D eigenvalue weighted by molar-refractivity contribution is -0.153. The van der Waals surface area contributed by atoms with E-state index >= 15 is 0 Å². The van der Waals surface area contributed by atoms with Crippen LogP contribution in [0.4, 0.5) is 14.5 Å². The average molecular weight is 526 g/mol. The number of ether oxygens (including phenoxy) is 1. The highest BCUT2D eigenvalue weighted by atomic mass is 32.1. The standard InChI is InChI=1S/C24H31F2N3O4S.C2H6/c1-7-14(2)15(3)22(32)33-13-29-8-9-34-23(29)28-21(31)16-10-17(25)20(18(26)11-16)27-19(30)12-24(4,5)6;1-2/h8-11,14-15H,7,12-13H2,1-6H3,(H,27,30);1-2H3/t14-,15?;/m0./s1. The molecular weight excluding hydrogens is 488 g/mol. The molecule has 0 aliphatic carbocycles. The summed E-state index contributed by atoms with van der Waals surface area (Å²) in [4.78, 5) is 40.9. The van der Waals surface area contributed by atoms with Crippen molar-refractivity contribution in [2.75, 3.05) is 5.32 Å². The molecule has 36 heavy (non-hydrogen) atoms. The third-order valence-electron chi connectivity index (χ3n) is 5.32. The Morgan fingerprint density at radius 1 is 1.14 bits per heavy atom. The van der Waals surface area contributed by atoms with Crippen molar-refractivity contribution in [1.82, 2.24) is 4.57 Å². The van der Waals surface area contributed by atoms with Gasteiger partial charge >= 0.3 is 5.97 Å². The van der Waals surface area contributed by atoms with E-state index in [4.69, 9.17) is 4.74 Å². The Morgan fingerprint density at radius 3 is 2.25 bits per heavy atom. The molecule has 1 N–H and O–H groups in total. The third kappa shape index (κ3) is 9.29. The largest absolute Gasteiger partial charge is 0.444 e. The van der Waals surface area contributed by atoms with Crippen LogP contribution in [0.5, 0.6) is 0 Å². The molecule has 7 nitrogen and oxygen atoms in total. The van der Waals surface area contributed by atoms with Crippen molar-refractivity contribution in [2.24, 2.45) is 22.2 Å². The maximum atomic E-state index is 14.5. The number of anilines is 1. The van der Waals surface area contributed by atoms with Gasteiger partial charge in [-0.1, -0.05) is 61.8 Å².